The molecule has 1 saturated heterocycles. The van der Waals surface area contributed by atoms with Crippen LogP contribution < -0.4 is 21.1 Å². The minimum Gasteiger partial charge on any atom is -0.487 e. The van der Waals surface area contributed by atoms with Crippen LogP contribution in [0, 0.1) is 19.3 Å². The summed E-state index contributed by atoms with van der Waals surface area (Å²) in [4.78, 5) is 30.0. The second kappa shape index (κ2) is 15.5. The number of aryl methyl sites for hydroxylation is 2. The topological polar surface area (TPSA) is 168 Å². The van der Waals surface area contributed by atoms with Crippen LogP contribution in [0.15, 0.2) is 65.6 Å². The van der Waals surface area contributed by atoms with E-state index in [-0.39, 0.29) is 52.8 Å². The number of nitrogen functional groups attached to an aromatic ring is 1. The molecule has 5 rings (SSSR count). The highest BCUT2D eigenvalue weighted by molar-refractivity contribution is 7.89. The number of carbonyl (C=O) groups excluding carboxylic acids is 2. The predicted octanol–water partition coefficient (Wildman–Crippen LogP) is 5.04. The Morgan fingerprint density at radius 3 is 2.53 bits per heavy atom. The number of aromatic nitrogens is 1. The summed E-state index contributed by atoms with van der Waals surface area (Å²) in [6.07, 6.45) is 1.49. The fraction of sp³-hybridized carbons (Fsp3) is 0.314. The Morgan fingerprint density at radius 2 is 1.80 bits per heavy atom. The summed E-state index contributed by atoms with van der Waals surface area (Å²) < 4.78 is 35.1. The van der Waals surface area contributed by atoms with Crippen LogP contribution in [-0.2, 0) is 32.6 Å². The van der Waals surface area contributed by atoms with Gasteiger partial charge in [-0.2, -0.15) is 4.31 Å². The summed E-state index contributed by atoms with van der Waals surface area (Å²) >= 11 is 13.2. The first-order valence-corrected chi connectivity index (χ1v) is 18.0. The van der Waals surface area contributed by atoms with Crippen LogP contribution in [0.3, 0.4) is 0 Å². The lowest BCUT2D eigenvalue weighted by Crippen LogP contribution is -2.46. The zero-order chi connectivity index (χ0) is 35.3. The molecule has 11 nitrogen and oxygen atoms in total. The maximum atomic E-state index is 13.9. The molecule has 14 heteroatoms. The number of hydrogen-bond acceptors (Lipinski definition) is 7. The van der Waals surface area contributed by atoms with Gasteiger partial charge in [-0.25, -0.2) is 13.4 Å². The highest BCUT2D eigenvalue weighted by Gasteiger charge is 2.40. The molecule has 2 amide bonds. The average Bonchev–Trinajstić information content (AvgIpc) is 3.56. The summed E-state index contributed by atoms with van der Waals surface area (Å²) in [6, 6.07) is 16.4. The summed E-state index contributed by atoms with van der Waals surface area (Å²) in [5.41, 5.74) is 9.71. The highest BCUT2D eigenvalue weighted by atomic mass is 35.5. The Hall–Kier alpha value is -4.23. The standard InChI is InChI=1S/C35H38Cl2N6O5S/c1-21-18-22(2)42-33-25(21)6-3-8-29(33)48-20-26-27(36)13-14-30(32(26)37)49(46,47)43-17-4-7-28(43)35(45)41-16-5-15-40-31(44)19-23-9-11-24(12-10-23)34(38)39/h3,6,8-14,18,28H,4-5,7,15-17,19-20H2,1-2H3,(H3,38,39)(H,40,44)(H,41,45)/t28-/m0/s1. The van der Waals surface area contributed by atoms with Gasteiger partial charge in [0.2, 0.25) is 21.8 Å². The van der Waals surface area contributed by atoms with Crippen molar-refractivity contribution in [3.05, 3.63) is 98.7 Å². The summed E-state index contributed by atoms with van der Waals surface area (Å²) in [5, 5.41) is 14.2. The quantitative estimate of drug-likeness (QED) is 0.0851. The molecule has 1 fully saturated rings. The minimum atomic E-state index is -4.18. The van der Waals surface area contributed by atoms with Gasteiger partial charge in [-0.15, -0.1) is 0 Å². The van der Waals surface area contributed by atoms with E-state index in [1.165, 1.54) is 16.4 Å². The molecule has 49 heavy (non-hydrogen) atoms. The van der Waals surface area contributed by atoms with Crippen molar-refractivity contribution >= 4 is 61.8 Å². The zero-order valence-corrected chi connectivity index (χ0v) is 29.5. The van der Waals surface area contributed by atoms with Gasteiger partial charge in [0.1, 0.15) is 34.6 Å². The molecule has 0 aliphatic carbocycles. The summed E-state index contributed by atoms with van der Waals surface area (Å²) in [5.74, 6) is -0.124. The average molecular weight is 726 g/mol. The van der Waals surface area contributed by atoms with Crippen molar-refractivity contribution in [2.45, 2.75) is 57.1 Å². The van der Waals surface area contributed by atoms with Crippen LogP contribution in [0.4, 0.5) is 0 Å². The van der Waals surface area contributed by atoms with Crippen LogP contribution in [0.25, 0.3) is 10.9 Å². The first-order chi connectivity index (χ1) is 23.4. The number of amides is 2. The van der Waals surface area contributed by atoms with E-state index in [9.17, 15) is 18.0 Å². The lowest BCUT2D eigenvalue weighted by atomic mass is 10.1. The van der Waals surface area contributed by atoms with Gasteiger partial charge < -0.3 is 21.1 Å². The molecule has 4 aromatic rings. The van der Waals surface area contributed by atoms with E-state index in [0.29, 0.717) is 48.2 Å². The number of benzene rings is 3. The van der Waals surface area contributed by atoms with Crippen LogP contribution in [-0.4, -0.2) is 61.0 Å². The number of carbonyl (C=O) groups is 2. The van der Waals surface area contributed by atoms with Gasteiger partial charge >= 0.3 is 0 Å². The summed E-state index contributed by atoms with van der Waals surface area (Å²) in [6.45, 7) is 4.55. The molecule has 0 spiro atoms. The van der Waals surface area contributed by atoms with Gasteiger partial charge in [0.05, 0.1) is 11.4 Å². The SMILES string of the molecule is Cc1cc(C)c2cccc(OCc3c(Cl)ccc(S(=O)(=O)N4CCC[C@H]4C(=O)NCCCNC(=O)Cc4ccc(C(=N)N)cc4)c3Cl)c2n1. The van der Waals surface area contributed by atoms with Crippen molar-refractivity contribution in [2.24, 2.45) is 5.73 Å². The lowest BCUT2D eigenvalue weighted by Gasteiger charge is -2.24. The molecular weight excluding hydrogens is 687 g/mol. The van der Waals surface area contributed by atoms with Crippen LogP contribution in [0.5, 0.6) is 5.75 Å². The number of halogens is 2. The minimum absolute atomic E-state index is 0.0406. The van der Waals surface area contributed by atoms with Crippen LogP contribution in [0.2, 0.25) is 10.0 Å². The normalized spacial score (nSPS) is 14.9. The van der Waals surface area contributed by atoms with Crippen LogP contribution >= 0.6 is 23.2 Å². The van der Waals surface area contributed by atoms with Gasteiger partial charge in [0, 0.05) is 46.9 Å². The highest BCUT2D eigenvalue weighted by Crippen LogP contribution is 2.36. The van der Waals surface area contributed by atoms with E-state index in [1.807, 2.05) is 32.0 Å². The zero-order valence-electron chi connectivity index (χ0n) is 27.2. The molecule has 5 N–H and O–H groups in total. The Bertz CT molecular complexity index is 2010. The molecule has 0 radical (unpaired) electrons. The predicted molar refractivity (Wildman–Crippen MR) is 191 cm³/mol. The molecule has 0 unspecified atom stereocenters. The first kappa shape index (κ1) is 36.1. The van der Waals surface area contributed by atoms with Crippen LogP contribution in [0.1, 0.15) is 47.2 Å². The first-order valence-electron chi connectivity index (χ1n) is 15.8. The third-order valence-electron chi connectivity index (χ3n) is 8.36. The number of nitrogens with zero attached hydrogens (tertiary/aromatic N) is 2. The maximum absolute atomic E-state index is 13.9. The van der Waals surface area contributed by atoms with E-state index in [0.717, 1.165) is 22.2 Å². The Balaban J connectivity index is 1.18. The number of hydrogen-bond donors (Lipinski definition) is 4. The van der Waals surface area contributed by atoms with Crippen molar-refractivity contribution in [1.29, 1.82) is 5.41 Å². The maximum Gasteiger partial charge on any atom is 0.245 e. The number of nitrogens with two attached hydrogens (primary N) is 1. The number of nitrogens with one attached hydrogen (secondary N) is 3. The molecular formula is C35H38Cl2N6O5S. The van der Waals surface area contributed by atoms with E-state index in [2.05, 4.69) is 15.6 Å². The van der Waals surface area contributed by atoms with Crippen molar-refractivity contribution in [3.8, 4) is 5.75 Å². The van der Waals surface area contributed by atoms with Gasteiger partial charge in [-0.05, 0) is 68.5 Å². The molecule has 0 bridgehead atoms. The second-order valence-electron chi connectivity index (χ2n) is 11.9. The molecule has 2 heterocycles. The third kappa shape index (κ3) is 8.33. The molecule has 258 valence electrons. The number of pyridine rings is 1. The number of fused-ring (bicyclic) bond motifs is 1. The van der Waals surface area contributed by atoms with Crippen molar-refractivity contribution < 1.29 is 22.7 Å². The number of rotatable bonds is 13. The third-order valence-corrected chi connectivity index (χ3v) is 11.2. The fourth-order valence-electron chi connectivity index (χ4n) is 5.84. The lowest BCUT2D eigenvalue weighted by molar-refractivity contribution is -0.124. The molecule has 3 aromatic carbocycles. The van der Waals surface area contributed by atoms with E-state index in [4.69, 9.17) is 39.1 Å². The smallest absolute Gasteiger partial charge is 0.245 e. The molecule has 0 saturated carbocycles. The van der Waals surface area contributed by atoms with E-state index >= 15 is 0 Å². The Morgan fingerprint density at radius 1 is 1.06 bits per heavy atom. The molecule has 1 aliphatic rings. The monoisotopic (exact) mass is 724 g/mol. The number of amidine groups is 1. The van der Waals surface area contributed by atoms with Crippen molar-refractivity contribution in [2.75, 3.05) is 19.6 Å². The number of para-hydroxylation sites is 1. The number of sulfonamides is 1. The molecule has 1 atom stereocenters. The summed E-state index contributed by atoms with van der Waals surface area (Å²) in [7, 11) is -4.18. The van der Waals surface area contributed by atoms with E-state index in [1.54, 1.807) is 30.3 Å². The van der Waals surface area contributed by atoms with Gasteiger partial charge in [-0.1, -0.05) is 59.6 Å². The molecule has 1 aliphatic heterocycles. The number of ether oxygens (including phenoxy) is 1. The Kier molecular flexibility index (Phi) is 11.4. The largest absolute Gasteiger partial charge is 0.487 e. The van der Waals surface area contributed by atoms with Crippen molar-refractivity contribution in [1.82, 2.24) is 19.9 Å². The molecule has 1 aromatic heterocycles. The van der Waals surface area contributed by atoms with Gasteiger partial charge in [-0.3, -0.25) is 15.0 Å². The van der Waals surface area contributed by atoms with E-state index < -0.39 is 22.0 Å². The fourth-order valence-corrected chi connectivity index (χ4v) is 8.36. The van der Waals surface area contributed by atoms with Gasteiger partial charge in [0.25, 0.3) is 0 Å². The second-order valence-corrected chi connectivity index (χ2v) is 14.6. The van der Waals surface area contributed by atoms with Gasteiger partial charge in [0.15, 0.2) is 0 Å². The van der Waals surface area contributed by atoms with Crippen molar-refractivity contribution in [3.63, 3.8) is 0 Å². The Labute approximate surface area is 295 Å².